The van der Waals surface area contributed by atoms with Crippen LogP contribution in [-0.2, 0) is 0 Å². The van der Waals surface area contributed by atoms with E-state index in [-0.39, 0.29) is 0 Å². The molecule has 1 unspecified atom stereocenters. The first-order chi connectivity index (χ1) is 3.84. The molecule has 0 heteroatoms. The Morgan fingerprint density at radius 1 is 1.62 bits per heavy atom. The van der Waals surface area contributed by atoms with Gasteiger partial charge in [0.25, 0.3) is 0 Å². The predicted molar refractivity (Wildman–Crippen MR) is 36.7 cm³/mol. The molecule has 1 aliphatic rings. The summed E-state index contributed by atoms with van der Waals surface area (Å²) in [5, 5.41) is 0. The highest BCUT2D eigenvalue weighted by atomic mass is 14.3. The number of hydrogen-bond donors (Lipinski definition) is 0. The van der Waals surface area contributed by atoms with E-state index in [1.54, 1.807) is 5.57 Å². The maximum absolute atomic E-state index is 2.26. The van der Waals surface area contributed by atoms with E-state index in [0.29, 0.717) is 0 Å². The second-order valence-electron chi connectivity index (χ2n) is 2.37. The quantitative estimate of drug-likeness (QED) is 0.484. The highest BCUT2D eigenvalue weighted by molar-refractivity contribution is 5.26. The fourth-order valence-electron chi connectivity index (χ4n) is 0.747. The van der Waals surface area contributed by atoms with Crippen molar-refractivity contribution in [2.75, 3.05) is 0 Å². The molecule has 0 saturated heterocycles. The smallest absolute Gasteiger partial charge is 0.0191 e. The summed E-state index contributed by atoms with van der Waals surface area (Å²) in [6.45, 7) is 4.30. The largest absolute Gasteiger partial charge is 0.0877 e. The maximum atomic E-state index is 2.26. The van der Waals surface area contributed by atoms with E-state index < -0.39 is 0 Å². The summed E-state index contributed by atoms with van der Waals surface area (Å²) in [6.07, 6.45) is 7.71. The van der Waals surface area contributed by atoms with Crippen LogP contribution >= 0.6 is 0 Å². The monoisotopic (exact) mass is 108 g/mol. The molecule has 0 heterocycles. The van der Waals surface area contributed by atoms with Gasteiger partial charge in [-0.1, -0.05) is 30.7 Å². The van der Waals surface area contributed by atoms with Gasteiger partial charge in [0.05, 0.1) is 0 Å². The van der Waals surface area contributed by atoms with Crippen molar-refractivity contribution in [3.63, 3.8) is 0 Å². The number of rotatable bonds is 1. The van der Waals surface area contributed by atoms with Crippen molar-refractivity contribution in [1.82, 2.24) is 0 Å². The van der Waals surface area contributed by atoms with Crippen LogP contribution in [0.5, 0.6) is 0 Å². The van der Waals surface area contributed by atoms with Crippen LogP contribution in [0.25, 0.3) is 0 Å². The Morgan fingerprint density at radius 3 is 2.62 bits per heavy atom. The van der Waals surface area contributed by atoms with E-state index in [2.05, 4.69) is 25.2 Å². The Morgan fingerprint density at radius 2 is 2.25 bits per heavy atom. The van der Waals surface area contributed by atoms with Crippen molar-refractivity contribution in [3.8, 4) is 0 Å². The molecule has 44 valence electrons. The fourth-order valence-corrected chi connectivity index (χ4v) is 0.747. The first-order valence-corrected chi connectivity index (χ1v) is 3.16. The molecular weight excluding hydrogens is 96.1 g/mol. The Labute approximate surface area is 50.9 Å². The summed E-state index contributed by atoms with van der Waals surface area (Å²) < 4.78 is 0. The molecule has 0 aromatic carbocycles. The molecule has 0 radical (unpaired) electrons. The van der Waals surface area contributed by atoms with Gasteiger partial charge in [-0.05, 0) is 19.3 Å². The molecule has 1 saturated carbocycles. The van der Waals surface area contributed by atoms with Crippen LogP contribution in [0.1, 0.15) is 20.3 Å². The Hall–Kier alpha value is -0.520. The lowest BCUT2D eigenvalue weighted by Crippen LogP contribution is -1.52. The van der Waals surface area contributed by atoms with Crippen LogP contribution in [0.3, 0.4) is 0 Å². The minimum Gasteiger partial charge on any atom is -0.0877 e. The molecule has 1 fully saturated rings. The van der Waals surface area contributed by atoms with E-state index in [1.807, 2.05) is 6.92 Å². The molecule has 1 atom stereocenters. The topological polar surface area (TPSA) is 0 Å². The first-order valence-electron chi connectivity index (χ1n) is 3.16. The lowest BCUT2D eigenvalue weighted by Gasteiger charge is -1.69. The third kappa shape index (κ3) is 1.22. The standard InChI is InChI=1S/C8H12/c1-3-4-5-8-6-7(8)2/h3-5,7H,6H2,1-2H3. The molecule has 0 aromatic rings. The minimum atomic E-state index is 0.881. The van der Waals surface area contributed by atoms with E-state index >= 15 is 0 Å². The van der Waals surface area contributed by atoms with E-state index in [9.17, 15) is 0 Å². The van der Waals surface area contributed by atoms with Crippen LogP contribution in [0.15, 0.2) is 23.8 Å². The van der Waals surface area contributed by atoms with Crippen LogP contribution in [0, 0.1) is 5.92 Å². The Kier molecular flexibility index (Phi) is 1.52. The highest BCUT2D eigenvalue weighted by Gasteiger charge is 2.22. The molecular formula is C8H12. The summed E-state index contributed by atoms with van der Waals surface area (Å²) >= 11 is 0. The van der Waals surface area contributed by atoms with Gasteiger partial charge in [-0.25, -0.2) is 0 Å². The van der Waals surface area contributed by atoms with Gasteiger partial charge in [0.15, 0.2) is 0 Å². The lowest BCUT2D eigenvalue weighted by molar-refractivity contribution is 1.02. The highest BCUT2D eigenvalue weighted by Crippen LogP contribution is 2.36. The second-order valence-corrected chi connectivity index (χ2v) is 2.37. The van der Waals surface area contributed by atoms with Crippen molar-refractivity contribution in [3.05, 3.63) is 23.8 Å². The third-order valence-electron chi connectivity index (χ3n) is 1.52. The molecule has 1 rings (SSSR count). The van der Waals surface area contributed by atoms with Gasteiger partial charge in [-0.2, -0.15) is 0 Å². The lowest BCUT2D eigenvalue weighted by atomic mass is 10.4. The van der Waals surface area contributed by atoms with Gasteiger partial charge < -0.3 is 0 Å². The summed E-state index contributed by atoms with van der Waals surface area (Å²) in [4.78, 5) is 0. The second kappa shape index (κ2) is 2.17. The van der Waals surface area contributed by atoms with Gasteiger partial charge in [-0.15, -0.1) is 0 Å². The molecule has 0 nitrogen and oxygen atoms in total. The molecule has 0 N–H and O–H groups in total. The molecule has 8 heavy (non-hydrogen) atoms. The zero-order valence-corrected chi connectivity index (χ0v) is 5.52. The summed E-state index contributed by atoms with van der Waals surface area (Å²) in [6, 6.07) is 0. The molecule has 1 aliphatic carbocycles. The molecule has 0 aliphatic heterocycles. The van der Waals surface area contributed by atoms with E-state index in [0.717, 1.165) is 5.92 Å². The van der Waals surface area contributed by atoms with Crippen molar-refractivity contribution >= 4 is 0 Å². The van der Waals surface area contributed by atoms with Gasteiger partial charge in [-0.3, -0.25) is 0 Å². The van der Waals surface area contributed by atoms with Crippen molar-refractivity contribution < 1.29 is 0 Å². The van der Waals surface area contributed by atoms with Crippen molar-refractivity contribution in [2.24, 2.45) is 5.92 Å². The van der Waals surface area contributed by atoms with Gasteiger partial charge >= 0.3 is 0 Å². The van der Waals surface area contributed by atoms with Crippen molar-refractivity contribution in [2.45, 2.75) is 20.3 Å². The summed E-state index contributed by atoms with van der Waals surface area (Å²) in [7, 11) is 0. The fraction of sp³-hybridized carbons (Fsp3) is 0.500. The number of allylic oxidation sites excluding steroid dienone is 4. The summed E-state index contributed by atoms with van der Waals surface area (Å²) in [5.74, 6) is 0.881. The van der Waals surface area contributed by atoms with Crippen molar-refractivity contribution in [1.29, 1.82) is 0 Å². The Balaban J connectivity index is 2.36. The molecule has 0 aromatic heterocycles. The zero-order chi connectivity index (χ0) is 5.98. The third-order valence-corrected chi connectivity index (χ3v) is 1.52. The van der Waals surface area contributed by atoms with Crippen LogP contribution in [0.4, 0.5) is 0 Å². The molecule has 0 spiro atoms. The number of hydrogen-bond acceptors (Lipinski definition) is 0. The summed E-state index contributed by atoms with van der Waals surface area (Å²) in [5.41, 5.74) is 1.60. The molecule has 0 bridgehead atoms. The van der Waals surface area contributed by atoms with Crippen LogP contribution in [-0.4, -0.2) is 0 Å². The zero-order valence-electron chi connectivity index (χ0n) is 5.52. The van der Waals surface area contributed by atoms with Crippen LogP contribution in [0.2, 0.25) is 0 Å². The van der Waals surface area contributed by atoms with Gasteiger partial charge in [0.2, 0.25) is 0 Å². The predicted octanol–water partition coefficient (Wildman–Crippen LogP) is 2.53. The minimum absolute atomic E-state index is 0.881. The average Bonchev–Trinajstić information content (AvgIpc) is 2.42. The first kappa shape index (κ1) is 5.61. The van der Waals surface area contributed by atoms with Gasteiger partial charge in [0, 0.05) is 0 Å². The van der Waals surface area contributed by atoms with Gasteiger partial charge in [0.1, 0.15) is 0 Å². The van der Waals surface area contributed by atoms with E-state index in [4.69, 9.17) is 0 Å². The SMILES string of the molecule is CC=CC=C1CC1C. The average molecular weight is 108 g/mol. The molecule has 0 amide bonds. The normalized spacial score (nSPS) is 32.2. The van der Waals surface area contributed by atoms with E-state index in [1.165, 1.54) is 6.42 Å². The van der Waals surface area contributed by atoms with Crippen LogP contribution < -0.4 is 0 Å². The Bertz CT molecular complexity index is 129. The maximum Gasteiger partial charge on any atom is -0.0191 e.